The lowest BCUT2D eigenvalue weighted by molar-refractivity contribution is -0.136. The van der Waals surface area contributed by atoms with Crippen LogP contribution in [0.2, 0.25) is 5.02 Å². The maximum atomic E-state index is 13.3. The number of nitrogens with zero attached hydrogens (tertiary/aromatic N) is 2. The SMILES string of the molecule is CN(Cc1ccccc1Cl)C(=O)C(c1ccccc1)N1CCS(=O)(=O)CC1. The maximum absolute atomic E-state index is 13.3. The largest absolute Gasteiger partial charge is 0.340 e. The van der Waals surface area contributed by atoms with Crippen molar-refractivity contribution in [2.75, 3.05) is 31.6 Å². The molecule has 1 heterocycles. The van der Waals surface area contributed by atoms with E-state index in [2.05, 4.69) is 0 Å². The molecule has 1 fully saturated rings. The van der Waals surface area contributed by atoms with Crippen molar-refractivity contribution in [3.05, 3.63) is 70.7 Å². The van der Waals surface area contributed by atoms with Gasteiger partial charge in [0.15, 0.2) is 9.84 Å². The molecular formula is C20H23ClN2O3S. The van der Waals surface area contributed by atoms with Crippen molar-refractivity contribution in [3.63, 3.8) is 0 Å². The average Bonchev–Trinajstić information content (AvgIpc) is 2.66. The minimum absolute atomic E-state index is 0.0691. The van der Waals surface area contributed by atoms with Crippen LogP contribution in [0.15, 0.2) is 54.6 Å². The summed E-state index contributed by atoms with van der Waals surface area (Å²) < 4.78 is 23.6. The third-order valence-corrected chi connectivity index (χ3v) is 6.81. The first-order valence-corrected chi connectivity index (χ1v) is 11.0. The predicted molar refractivity (Wildman–Crippen MR) is 107 cm³/mol. The molecule has 1 aliphatic rings. The normalized spacial score (nSPS) is 18.0. The quantitative estimate of drug-likeness (QED) is 0.766. The van der Waals surface area contributed by atoms with Crippen LogP contribution in [0, 0.1) is 0 Å². The van der Waals surface area contributed by atoms with Gasteiger partial charge >= 0.3 is 0 Å². The standard InChI is InChI=1S/C20H23ClN2O3S/c1-22(15-17-9-5-6-10-18(17)21)20(24)19(16-7-3-2-4-8-16)23-11-13-27(25,26)14-12-23/h2-10,19H,11-15H2,1H3. The van der Waals surface area contributed by atoms with Gasteiger partial charge in [0.1, 0.15) is 6.04 Å². The minimum Gasteiger partial charge on any atom is -0.340 e. The number of sulfone groups is 1. The number of rotatable bonds is 5. The number of amides is 1. The molecule has 144 valence electrons. The summed E-state index contributed by atoms with van der Waals surface area (Å²) in [6, 6.07) is 16.5. The number of hydrogen-bond donors (Lipinski definition) is 0. The van der Waals surface area contributed by atoms with Crippen molar-refractivity contribution in [2.45, 2.75) is 12.6 Å². The number of benzene rings is 2. The lowest BCUT2D eigenvalue weighted by Crippen LogP contribution is -2.47. The van der Waals surface area contributed by atoms with Crippen LogP contribution in [-0.2, 0) is 21.2 Å². The van der Waals surface area contributed by atoms with E-state index in [1.54, 1.807) is 18.0 Å². The van der Waals surface area contributed by atoms with Crippen LogP contribution in [0.5, 0.6) is 0 Å². The van der Waals surface area contributed by atoms with E-state index in [-0.39, 0.29) is 17.4 Å². The van der Waals surface area contributed by atoms with E-state index < -0.39 is 15.9 Å². The van der Waals surface area contributed by atoms with Crippen LogP contribution < -0.4 is 0 Å². The molecule has 1 unspecified atom stereocenters. The van der Waals surface area contributed by atoms with Crippen LogP contribution in [0.3, 0.4) is 0 Å². The zero-order valence-electron chi connectivity index (χ0n) is 15.2. The van der Waals surface area contributed by atoms with Crippen molar-refractivity contribution >= 4 is 27.3 Å². The molecule has 0 spiro atoms. The maximum Gasteiger partial charge on any atom is 0.244 e. The van der Waals surface area contributed by atoms with Crippen molar-refractivity contribution in [1.29, 1.82) is 0 Å². The number of carbonyl (C=O) groups excluding carboxylic acids is 1. The molecule has 0 aromatic heterocycles. The second kappa shape index (κ2) is 8.42. The molecule has 1 atom stereocenters. The van der Waals surface area contributed by atoms with Gasteiger partial charge < -0.3 is 4.90 Å². The summed E-state index contributed by atoms with van der Waals surface area (Å²) in [5, 5.41) is 0.623. The van der Waals surface area contributed by atoms with E-state index in [1.807, 2.05) is 53.4 Å². The fourth-order valence-corrected chi connectivity index (χ4v) is 4.72. The molecule has 0 aliphatic carbocycles. The molecular weight excluding hydrogens is 384 g/mol. The lowest BCUT2D eigenvalue weighted by atomic mass is 10.0. The summed E-state index contributed by atoms with van der Waals surface area (Å²) in [5.74, 6) is 0.0933. The van der Waals surface area contributed by atoms with Crippen molar-refractivity contribution in [1.82, 2.24) is 9.80 Å². The highest BCUT2D eigenvalue weighted by Gasteiger charge is 2.34. The Labute approximate surface area is 165 Å². The fourth-order valence-electron chi connectivity index (χ4n) is 3.30. The summed E-state index contributed by atoms with van der Waals surface area (Å²) in [5.41, 5.74) is 1.75. The van der Waals surface area contributed by atoms with Gasteiger partial charge in [-0.1, -0.05) is 60.1 Å². The fraction of sp³-hybridized carbons (Fsp3) is 0.350. The van der Waals surface area contributed by atoms with Gasteiger partial charge in [-0.25, -0.2) is 8.42 Å². The summed E-state index contributed by atoms with van der Waals surface area (Å²) in [6.07, 6.45) is 0. The molecule has 2 aromatic carbocycles. The topological polar surface area (TPSA) is 57.7 Å². The van der Waals surface area contributed by atoms with Gasteiger partial charge in [-0.2, -0.15) is 0 Å². The molecule has 0 N–H and O–H groups in total. The van der Waals surface area contributed by atoms with Gasteiger partial charge in [0.2, 0.25) is 5.91 Å². The molecule has 2 aromatic rings. The highest BCUT2D eigenvalue weighted by molar-refractivity contribution is 7.91. The summed E-state index contributed by atoms with van der Waals surface area (Å²) in [7, 11) is -1.26. The number of hydrogen-bond acceptors (Lipinski definition) is 4. The van der Waals surface area contributed by atoms with Crippen molar-refractivity contribution in [2.24, 2.45) is 0 Å². The highest BCUT2D eigenvalue weighted by Crippen LogP contribution is 2.26. The Morgan fingerprint density at radius 2 is 1.67 bits per heavy atom. The lowest BCUT2D eigenvalue weighted by Gasteiger charge is -2.36. The Hall–Kier alpha value is -1.89. The van der Waals surface area contributed by atoms with Gasteiger partial charge in [0.05, 0.1) is 11.5 Å². The molecule has 7 heteroatoms. The van der Waals surface area contributed by atoms with Crippen molar-refractivity contribution < 1.29 is 13.2 Å². The van der Waals surface area contributed by atoms with E-state index in [0.29, 0.717) is 24.7 Å². The molecule has 0 saturated carbocycles. The first kappa shape index (κ1) is 19.9. The number of carbonyl (C=O) groups is 1. The minimum atomic E-state index is -3.02. The van der Waals surface area contributed by atoms with Gasteiger partial charge in [0, 0.05) is 31.7 Å². The molecule has 0 radical (unpaired) electrons. The second-order valence-corrected chi connectivity index (χ2v) is 9.50. The van der Waals surface area contributed by atoms with E-state index in [0.717, 1.165) is 11.1 Å². The Kier molecular flexibility index (Phi) is 6.19. The first-order chi connectivity index (χ1) is 12.9. The van der Waals surface area contributed by atoms with Gasteiger partial charge in [-0.05, 0) is 17.2 Å². The molecule has 3 rings (SSSR count). The molecule has 0 bridgehead atoms. The van der Waals surface area contributed by atoms with Gasteiger partial charge in [-0.15, -0.1) is 0 Å². The van der Waals surface area contributed by atoms with Crippen LogP contribution in [0.25, 0.3) is 0 Å². The smallest absolute Gasteiger partial charge is 0.244 e. The van der Waals surface area contributed by atoms with Crippen LogP contribution in [-0.4, -0.2) is 55.8 Å². The number of halogens is 1. The first-order valence-electron chi connectivity index (χ1n) is 8.85. The molecule has 1 saturated heterocycles. The van der Waals surface area contributed by atoms with Crippen LogP contribution in [0.1, 0.15) is 17.2 Å². The van der Waals surface area contributed by atoms with Gasteiger partial charge in [0.25, 0.3) is 0 Å². The Morgan fingerprint density at radius 3 is 2.30 bits per heavy atom. The third-order valence-electron chi connectivity index (χ3n) is 4.83. The van der Waals surface area contributed by atoms with Crippen LogP contribution in [0.4, 0.5) is 0 Å². The van der Waals surface area contributed by atoms with E-state index >= 15 is 0 Å². The highest BCUT2D eigenvalue weighted by atomic mass is 35.5. The van der Waals surface area contributed by atoms with Crippen molar-refractivity contribution in [3.8, 4) is 0 Å². The summed E-state index contributed by atoms with van der Waals surface area (Å²) >= 11 is 6.23. The molecule has 1 aliphatic heterocycles. The Morgan fingerprint density at radius 1 is 1.07 bits per heavy atom. The average molecular weight is 407 g/mol. The number of likely N-dealkylation sites (N-methyl/N-ethyl adjacent to an activating group) is 1. The van der Waals surface area contributed by atoms with Gasteiger partial charge in [-0.3, -0.25) is 9.69 Å². The third kappa shape index (κ3) is 4.89. The summed E-state index contributed by atoms with van der Waals surface area (Å²) in [4.78, 5) is 16.9. The monoisotopic (exact) mass is 406 g/mol. The Bertz CT molecular complexity index is 888. The molecule has 27 heavy (non-hydrogen) atoms. The van der Waals surface area contributed by atoms with E-state index in [4.69, 9.17) is 11.6 Å². The van der Waals surface area contributed by atoms with E-state index in [9.17, 15) is 13.2 Å². The zero-order valence-corrected chi connectivity index (χ0v) is 16.8. The van der Waals surface area contributed by atoms with Crippen LogP contribution >= 0.6 is 11.6 Å². The zero-order chi connectivity index (χ0) is 19.4. The molecule has 1 amide bonds. The van der Waals surface area contributed by atoms with E-state index in [1.165, 1.54) is 0 Å². The Balaban J connectivity index is 1.84. The summed E-state index contributed by atoms with van der Waals surface area (Å²) in [6.45, 7) is 1.11. The second-order valence-electron chi connectivity index (χ2n) is 6.79. The molecule has 5 nitrogen and oxygen atoms in total. The predicted octanol–water partition coefficient (Wildman–Crippen LogP) is 2.77.